The normalized spacial score (nSPS) is 33.2. The molecule has 0 aliphatic heterocycles. The van der Waals surface area contributed by atoms with E-state index in [4.69, 9.17) is 0 Å². The highest BCUT2D eigenvalue weighted by molar-refractivity contribution is 5.76. The predicted molar refractivity (Wildman–Crippen MR) is 61.5 cm³/mol. The Labute approximate surface area is 90.4 Å². The molecule has 2 aliphatic rings. The fourth-order valence-corrected chi connectivity index (χ4v) is 3.02. The number of aliphatic hydroxyl groups is 1. The van der Waals surface area contributed by atoms with Gasteiger partial charge in [0.1, 0.15) is 0 Å². The Morgan fingerprint density at radius 2 is 2.13 bits per heavy atom. The van der Waals surface area contributed by atoms with Gasteiger partial charge in [0, 0.05) is 5.41 Å². The highest BCUT2D eigenvalue weighted by atomic mass is 16.3. The van der Waals surface area contributed by atoms with Crippen molar-refractivity contribution in [1.29, 1.82) is 0 Å². The van der Waals surface area contributed by atoms with Gasteiger partial charge in [-0.25, -0.2) is 0 Å². The number of benzene rings is 1. The molecule has 1 nitrogen and oxygen atoms in total. The molecule has 0 amide bonds. The summed E-state index contributed by atoms with van der Waals surface area (Å²) >= 11 is 0. The van der Waals surface area contributed by atoms with Crippen LogP contribution in [-0.2, 0) is 6.42 Å². The van der Waals surface area contributed by atoms with E-state index in [9.17, 15) is 5.11 Å². The summed E-state index contributed by atoms with van der Waals surface area (Å²) in [5, 5.41) is 10.1. The Morgan fingerprint density at radius 1 is 1.33 bits per heavy atom. The molecule has 0 saturated carbocycles. The minimum atomic E-state index is -0.180. The summed E-state index contributed by atoms with van der Waals surface area (Å²) in [5.41, 5.74) is 4.18. The van der Waals surface area contributed by atoms with E-state index in [0.29, 0.717) is 0 Å². The first kappa shape index (κ1) is 9.17. The molecule has 2 atom stereocenters. The Hall–Kier alpha value is -1.08. The minimum absolute atomic E-state index is 0.00829. The second-order valence-corrected chi connectivity index (χ2v) is 4.94. The van der Waals surface area contributed by atoms with Crippen LogP contribution in [0, 0.1) is 5.41 Å². The number of rotatable bonds is 0. The van der Waals surface area contributed by atoms with Crippen LogP contribution < -0.4 is 0 Å². The van der Waals surface area contributed by atoms with Crippen molar-refractivity contribution in [1.82, 2.24) is 0 Å². The Kier molecular flexibility index (Phi) is 1.81. The molecule has 0 saturated heterocycles. The molecule has 0 radical (unpaired) electrons. The first-order valence-electron chi connectivity index (χ1n) is 5.69. The molecular weight excluding hydrogens is 184 g/mol. The van der Waals surface area contributed by atoms with Crippen molar-refractivity contribution in [2.75, 3.05) is 0 Å². The van der Waals surface area contributed by atoms with E-state index < -0.39 is 0 Å². The van der Waals surface area contributed by atoms with Crippen molar-refractivity contribution in [3.63, 3.8) is 0 Å². The van der Waals surface area contributed by atoms with E-state index >= 15 is 0 Å². The second kappa shape index (κ2) is 2.96. The molecule has 0 heterocycles. The van der Waals surface area contributed by atoms with Crippen LogP contribution in [0.25, 0.3) is 5.57 Å². The molecule has 1 heteroatoms. The van der Waals surface area contributed by atoms with Crippen LogP contribution in [0.5, 0.6) is 0 Å². The lowest BCUT2D eigenvalue weighted by Crippen LogP contribution is -2.32. The van der Waals surface area contributed by atoms with Gasteiger partial charge < -0.3 is 5.11 Å². The molecule has 1 N–H and O–H groups in total. The smallest absolute Gasteiger partial charge is 0.0668 e. The summed E-state index contributed by atoms with van der Waals surface area (Å²) in [6.07, 6.45) is 5.04. The SMILES string of the molecule is C[C@@]12CCc3ccccc3C1=CC[C@H]2O. The molecule has 0 bridgehead atoms. The first-order valence-corrected chi connectivity index (χ1v) is 5.69. The maximum absolute atomic E-state index is 10.1. The van der Waals surface area contributed by atoms with Gasteiger partial charge in [0.05, 0.1) is 6.10 Å². The second-order valence-electron chi connectivity index (χ2n) is 4.94. The Balaban J connectivity index is 2.16. The van der Waals surface area contributed by atoms with Crippen molar-refractivity contribution in [3.8, 4) is 0 Å². The maximum Gasteiger partial charge on any atom is 0.0668 e. The monoisotopic (exact) mass is 200 g/mol. The molecule has 2 aliphatic carbocycles. The van der Waals surface area contributed by atoms with E-state index in [0.717, 1.165) is 19.3 Å². The molecule has 3 rings (SSSR count). The van der Waals surface area contributed by atoms with E-state index in [1.54, 1.807) is 0 Å². The van der Waals surface area contributed by atoms with Gasteiger partial charge in [-0.05, 0) is 36.0 Å². The van der Waals surface area contributed by atoms with Crippen LogP contribution in [0.15, 0.2) is 30.3 Å². The summed E-state index contributed by atoms with van der Waals surface area (Å²) in [5.74, 6) is 0. The lowest BCUT2D eigenvalue weighted by molar-refractivity contribution is 0.0826. The number of fused-ring (bicyclic) bond motifs is 3. The van der Waals surface area contributed by atoms with Gasteiger partial charge in [0.25, 0.3) is 0 Å². The Morgan fingerprint density at radius 3 is 3.00 bits per heavy atom. The molecule has 0 aromatic heterocycles. The van der Waals surface area contributed by atoms with Gasteiger partial charge in [-0.15, -0.1) is 0 Å². The quantitative estimate of drug-likeness (QED) is 0.682. The summed E-state index contributed by atoms with van der Waals surface area (Å²) in [7, 11) is 0. The predicted octanol–water partition coefficient (Wildman–Crippen LogP) is 2.79. The van der Waals surface area contributed by atoms with Gasteiger partial charge in [-0.1, -0.05) is 37.3 Å². The molecule has 1 aromatic rings. The van der Waals surface area contributed by atoms with E-state index in [2.05, 4.69) is 37.3 Å². The van der Waals surface area contributed by atoms with Crippen LogP contribution in [0.1, 0.15) is 30.9 Å². The van der Waals surface area contributed by atoms with Crippen molar-refractivity contribution in [2.45, 2.75) is 32.3 Å². The highest BCUT2D eigenvalue weighted by Crippen LogP contribution is 2.51. The molecule has 0 unspecified atom stereocenters. The van der Waals surface area contributed by atoms with Crippen molar-refractivity contribution in [3.05, 3.63) is 41.5 Å². The minimum Gasteiger partial charge on any atom is -0.392 e. The summed E-state index contributed by atoms with van der Waals surface area (Å²) in [4.78, 5) is 0. The van der Waals surface area contributed by atoms with Gasteiger partial charge >= 0.3 is 0 Å². The zero-order chi connectivity index (χ0) is 10.5. The highest BCUT2D eigenvalue weighted by Gasteiger charge is 2.43. The zero-order valence-electron chi connectivity index (χ0n) is 9.03. The van der Waals surface area contributed by atoms with E-state index in [1.807, 2.05) is 0 Å². The van der Waals surface area contributed by atoms with Crippen LogP contribution in [0.2, 0.25) is 0 Å². The summed E-state index contributed by atoms with van der Waals surface area (Å²) in [6.45, 7) is 2.20. The molecule has 0 fully saturated rings. The lowest BCUT2D eigenvalue weighted by Gasteiger charge is -2.37. The van der Waals surface area contributed by atoms with E-state index in [-0.39, 0.29) is 11.5 Å². The van der Waals surface area contributed by atoms with Crippen LogP contribution in [0.3, 0.4) is 0 Å². The van der Waals surface area contributed by atoms with Gasteiger partial charge in [0.2, 0.25) is 0 Å². The Bertz CT molecular complexity index is 433. The fraction of sp³-hybridized carbons (Fsp3) is 0.429. The van der Waals surface area contributed by atoms with Crippen molar-refractivity contribution >= 4 is 5.57 Å². The van der Waals surface area contributed by atoms with Crippen LogP contribution in [0.4, 0.5) is 0 Å². The molecular formula is C14H16O. The first-order chi connectivity index (χ1) is 7.22. The van der Waals surface area contributed by atoms with Crippen molar-refractivity contribution < 1.29 is 5.11 Å². The molecule has 1 aromatic carbocycles. The number of aryl methyl sites for hydroxylation is 1. The standard InChI is InChI=1S/C14H16O/c1-14-9-8-10-4-2-3-5-11(10)12(14)6-7-13(14)15/h2-6,13,15H,7-9H2,1H3/t13-,14-/m1/s1. The number of aliphatic hydroxyl groups excluding tert-OH is 1. The molecule has 78 valence electrons. The lowest BCUT2D eigenvalue weighted by atomic mass is 9.69. The van der Waals surface area contributed by atoms with Gasteiger partial charge in [-0.3, -0.25) is 0 Å². The van der Waals surface area contributed by atoms with Gasteiger partial charge in [-0.2, -0.15) is 0 Å². The topological polar surface area (TPSA) is 20.2 Å². The zero-order valence-corrected chi connectivity index (χ0v) is 9.03. The average Bonchev–Trinajstić information content (AvgIpc) is 2.56. The number of hydrogen-bond acceptors (Lipinski definition) is 1. The molecule has 0 spiro atoms. The van der Waals surface area contributed by atoms with Crippen LogP contribution >= 0.6 is 0 Å². The summed E-state index contributed by atoms with van der Waals surface area (Å²) < 4.78 is 0. The number of hydrogen-bond donors (Lipinski definition) is 1. The molecule has 15 heavy (non-hydrogen) atoms. The summed E-state index contributed by atoms with van der Waals surface area (Å²) in [6, 6.07) is 8.60. The fourth-order valence-electron chi connectivity index (χ4n) is 3.02. The van der Waals surface area contributed by atoms with Crippen LogP contribution in [-0.4, -0.2) is 11.2 Å². The average molecular weight is 200 g/mol. The third-order valence-electron chi connectivity index (χ3n) is 4.12. The van der Waals surface area contributed by atoms with Crippen molar-refractivity contribution in [2.24, 2.45) is 5.41 Å². The third-order valence-corrected chi connectivity index (χ3v) is 4.12. The third kappa shape index (κ3) is 1.13. The largest absolute Gasteiger partial charge is 0.392 e. The maximum atomic E-state index is 10.1. The van der Waals surface area contributed by atoms with E-state index in [1.165, 1.54) is 16.7 Å². The van der Waals surface area contributed by atoms with Gasteiger partial charge in [0.15, 0.2) is 0 Å².